The van der Waals surface area contributed by atoms with E-state index in [0.717, 1.165) is 12.4 Å². The first kappa shape index (κ1) is 15.0. The zero-order chi connectivity index (χ0) is 13.5. The predicted octanol–water partition coefficient (Wildman–Crippen LogP) is 3.38. The van der Waals surface area contributed by atoms with Crippen LogP contribution >= 0.6 is 0 Å². The summed E-state index contributed by atoms with van der Waals surface area (Å²) in [4.78, 5) is 6.75. The molecule has 0 aromatic carbocycles. The lowest BCUT2D eigenvalue weighted by atomic mass is 10.1. The van der Waals surface area contributed by atoms with E-state index in [4.69, 9.17) is 0 Å². The van der Waals surface area contributed by atoms with Crippen LogP contribution in [0.1, 0.15) is 52.1 Å². The van der Waals surface area contributed by atoms with Crippen LogP contribution in [0.15, 0.2) is 18.3 Å². The molecule has 1 aromatic rings. The largest absolute Gasteiger partial charge is 0.357 e. The molecule has 1 rings (SSSR count). The number of nitrogens with zero attached hydrogens (tertiary/aromatic N) is 2. The third-order valence-corrected chi connectivity index (χ3v) is 3.51. The third-order valence-electron chi connectivity index (χ3n) is 3.51. The van der Waals surface area contributed by atoms with Gasteiger partial charge in [0.2, 0.25) is 0 Å². The fraction of sp³-hybridized carbons (Fsp3) is 0.667. The van der Waals surface area contributed by atoms with E-state index in [-0.39, 0.29) is 0 Å². The molecule has 0 saturated heterocycles. The second kappa shape index (κ2) is 7.37. The summed E-state index contributed by atoms with van der Waals surface area (Å²) in [6, 6.07) is 5.20. The molecule has 3 heteroatoms. The highest BCUT2D eigenvalue weighted by Gasteiger charge is 2.12. The molecule has 0 aliphatic rings. The number of pyridine rings is 1. The lowest BCUT2D eigenvalue weighted by Gasteiger charge is -2.26. The Morgan fingerprint density at radius 3 is 2.67 bits per heavy atom. The first-order valence-electron chi connectivity index (χ1n) is 7.02. The summed E-state index contributed by atoms with van der Waals surface area (Å²) in [5.74, 6) is 1.07. The predicted molar refractivity (Wildman–Crippen MR) is 79.1 cm³/mol. The number of nitrogens with one attached hydrogen (secondary N) is 1. The minimum atomic E-state index is 0.381. The molecule has 0 amide bonds. The molecule has 1 aromatic heterocycles. The van der Waals surface area contributed by atoms with Crippen molar-refractivity contribution in [1.29, 1.82) is 0 Å². The van der Waals surface area contributed by atoms with E-state index in [1.807, 2.05) is 6.20 Å². The average molecular weight is 249 g/mol. The Morgan fingerprint density at radius 2 is 2.06 bits per heavy atom. The Bertz CT molecular complexity index is 351. The smallest absolute Gasteiger partial charge is 0.128 e. The standard InChI is InChI=1S/C15H27N3/c1-6-8-12(3)18(5)15-11-14(9-10-17-15)13(4)16-7-2/h9-13,16H,6-8H2,1-5H3. The summed E-state index contributed by atoms with van der Waals surface area (Å²) in [6.45, 7) is 9.79. The molecule has 0 saturated carbocycles. The molecule has 102 valence electrons. The highest BCUT2D eigenvalue weighted by molar-refractivity contribution is 5.41. The van der Waals surface area contributed by atoms with Gasteiger partial charge in [0.15, 0.2) is 0 Å². The monoisotopic (exact) mass is 249 g/mol. The van der Waals surface area contributed by atoms with Crippen molar-refractivity contribution in [2.75, 3.05) is 18.5 Å². The van der Waals surface area contributed by atoms with Crippen molar-refractivity contribution in [2.45, 2.75) is 52.6 Å². The molecule has 0 bridgehead atoms. The van der Waals surface area contributed by atoms with Crippen LogP contribution in [-0.2, 0) is 0 Å². The summed E-state index contributed by atoms with van der Waals surface area (Å²) >= 11 is 0. The number of rotatable bonds is 7. The van der Waals surface area contributed by atoms with Crippen molar-refractivity contribution in [3.05, 3.63) is 23.9 Å². The van der Waals surface area contributed by atoms with Crippen molar-refractivity contribution in [1.82, 2.24) is 10.3 Å². The van der Waals surface area contributed by atoms with Gasteiger partial charge < -0.3 is 10.2 Å². The van der Waals surface area contributed by atoms with Crippen LogP contribution in [-0.4, -0.2) is 24.6 Å². The van der Waals surface area contributed by atoms with Gasteiger partial charge in [-0.15, -0.1) is 0 Å². The third kappa shape index (κ3) is 3.98. The average Bonchev–Trinajstić information content (AvgIpc) is 2.38. The number of hydrogen-bond acceptors (Lipinski definition) is 3. The Kier molecular flexibility index (Phi) is 6.13. The molecule has 0 aliphatic heterocycles. The van der Waals surface area contributed by atoms with E-state index in [2.05, 4.69) is 62.1 Å². The molecule has 18 heavy (non-hydrogen) atoms. The number of anilines is 1. The van der Waals surface area contributed by atoms with Gasteiger partial charge in [-0.3, -0.25) is 0 Å². The summed E-state index contributed by atoms with van der Waals surface area (Å²) in [7, 11) is 2.13. The normalized spacial score (nSPS) is 14.3. The number of aromatic nitrogens is 1. The van der Waals surface area contributed by atoms with Crippen molar-refractivity contribution < 1.29 is 0 Å². The molecule has 1 heterocycles. The van der Waals surface area contributed by atoms with Crippen LogP contribution < -0.4 is 10.2 Å². The molecule has 0 fully saturated rings. The van der Waals surface area contributed by atoms with Crippen molar-refractivity contribution in [3.63, 3.8) is 0 Å². The molecule has 2 atom stereocenters. The van der Waals surface area contributed by atoms with Gasteiger partial charge in [0.1, 0.15) is 5.82 Å². The second-order valence-electron chi connectivity index (χ2n) is 4.98. The summed E-state index contributed by atoms with van der Waals surface area (Å²) in [5.41, 5.74) is 1.30. The maximum atomic E-state index is 4.48. The minimum Gasteiger partial charge on any atom is -0.357 e. The van der Waals surface area contributed by atoms with Gasteiger partial charge in [-0.1, -0.05) is 20.3 Å². The van der Waals surface area contributed by atoms with Gasteiger partial charge in [-0.2, -0.15) is 0 Å². The Balaban J connectivity index is 2.80. The number of hydrogen-bond donors (Lipinski definition) is 1. The molecule has 2 unspecified atom stereocenters. The van der Waals surface area contributed by atoms with Crippen molar-refractivity contribution >= 4 is 5.82 Å². The summed E-state index contributed by atoms with van der Waals surface area (Å²) in [5, 5.41) is 3.44. The lowest BCUT2D eigenvalue weighted by molar-refractivity contribution is 0.592. The maximum Gasteiger partial charge on any atom is 0.128 e. The van der Waals surface area contributed by atoms with Gasteiger partial charge in [0, 0.05) is 25.3 Å². The van der Waals surface area contributed by atoms with Crippen LogP contribution in [0, 0.1) is 0 Å². The topological polar surface area (TPSA) is 28.2 Å². The maximum absolute atomic E-state index is 4.48. The Labute approximate surface area is 112 Å². The van der Waals surface area contributed by atoms with Crippen LogP contribution in [0.3, 0.4) is 0 Å². The van der Waals surface area contributed by atoms with Crippen molar-refractivity contribution in [2.24, 2.45) is 0 Å². The Hall–Kier alpha value is -1.09. The highest BCUT2D eigenvalue weighted by Crippen LogP contribution is 2.19. The van der Waals surface area contributed by atoms with E-state index in [0.29, 0.717) is 12.1 Å². The van der Waals surface area contributed by atoms with Crippen LogP contribution in [0.5, 0.6) is 0 Å². The van der Waals surface area contributed by atoms with E-state index in [1.54, 1.807) is 0 Å². The quantitative estimate of drug-likeness (QED) is 0.803. The highest BCUT2D eigenvalue weighted by atomic mass is 15.2. The lowest BCUT2D eigenvalue weighted by Crippen LogP contribution is -2.29. The molecule has 0 radical (unpaired) electrons. The van der Waals surface area contributed by atoms with E-state index < -0.39 is 0 Å². The first-order valence-corrected chi connectivity index (χ1v) is 7.02. The SMILES string of the molecule is CCCC(C)N(C)c1cc(C(C)NCC)ccn1. The first-order chi connectivity index (χ1) is 8.60. The van der Waals surface area contributed by atoms with Crippen LogP contribution in [0.4, 0.5) is 5.82 Å². The van der Waals surface area contributed by atoms with Gasteiger partial charge in [0.05, 0.1) is 0 Å². The van der Waals surface area contributed by atoms with E-state index in [1.165, 1.54) is 18.4 Å². The van der Waals surface area contributed by atoms with Gasteiger partial charge >= 0.3 is 0 Å². The summed E-state index contributed by atoms with van der Waals surface area (Å²) in [6.07, 6.45) is 4.32. The fourth-order valence-corrected chi connectivity index (χ4v) is 2.16. The van der Waals surface area contributed by atoms with Crippen molar-refractivity contribution in [3.8, 4) is 0 Å². The second-order valence-corrected chi connectivity index (χ2v) is 4.98. The molecule has 3 nitrogen and oxygen atoms in total. The van der Waals surface area contributed by atoms with Gasteiger partial charge in [0.25, 0.3) is 0 Å². The van der Waals surface area contributed by atoms with Crippen LogP contribution in [0.25, 0.3) is 0 Å². The van der Waals surface area contributed by atoms with Gasteiger partial charge in [-0.05, 0) is 44.5 Å². The molecule has 1 N–H and O–H groups in total. The summed E-state index contributed by atoms with van der Waals surface area (Å²) < 4.78 is 0. The fourth-order valence-electron chi connectivity index (χ4n) is 2.16. The van der Waals surface area contributed by atoms with Gasteiger partial charge in [-0.25, -0.2) is 4.98 Å². The Morgan fingerprint density at radius 1 is 1.33 bits per heavy atom. The molecule has 0 spiro atoms. The zero-order valence-corrected chi connectivity index (χ0v) is 12.4. The molecular formula is C15H27N3. The molecular weight excluding hydrogens is 222 g/mol. The van der Waals surface area contributed by atoms with E-state index >= 15 is 0 Å². The zero-order valence-electron chi connectivity index (χ0n) is 12.4. The molecule has 0 aliphatic carbocycles. The minimum absolute atomic E-state index is 0.381. The van der Waals surface area contributed by atoms with Crippen LogP contribution in [0.2, 0.25) is 0 Å². The van der Waals surface area contributed by atoms with E-state index in [9.17, 15) is 0 Å².